The van der Waals surface area contributed by atoms with Crippen LogP contribution in [0.25, 0.3) is 11.0 Å². The maximum Gasteiger partial charge on any atom is 0.145 e. The third-order valence-electron chi connectivity index (χ3n) is 2.99. The van der Waals surface area contributed by atoms with Crippen LogP contribution >= 0.6 is 11.6 Å². The van der Waals surface area contributed by atoms with E-state index < -0.39 is 6.10 Å². The normalized spacial score (nSPS) is 12.5. The lowest BCUT2D eigenvalue weighted by atomic mass is 10.2. The van der Waals surface area contributed by atoms with Crippen molar-refractivity contribution in [3.63, 3.8) is 0 Å². The maximum absolute atomic E-state index is 10.1. The van der Waals surface area contributed by atoms with Crippen LogP contribution in [-0.2, 0) is 0 Å². The average molecular weight is 289 g/mol. The van der Waals surface area contributed by atoms with Gasteiger partial charge in [0, 0.05) is 10.4 Å². The van der Waals surface area contributed by atoms with E-state index in [2.05, 4.69) is 0 Å². The standard InChI is InChI=1S/C16H13ClO3/c17-12-5-7-13(8-6-12)19-10-14(18)16-9-11-3-1-2-4-15(11)20-16/h1-9,14,18H,10H2. The molecule has 0 fully saturated rings. The fourth-order valence-electron chi connectivity index (χ4n) is 1.95. The second kappa shape index (κ2) is 5.57. The van der Waals surface area contributed by atoms with Crippen LogP contribution in [0.15, 0.2) is 59.0 Å². The molecule has 0 amide bonds. The minimum Gasteiger partial charge on any atom is -0.490 e. The Bertz CT molecular complexity index is 670. The van der Waals surface area contributed by atoms with E-state index in [0.29, 0.717) is 16.5 Å². The molecule has 0 saturated carbocycles. The van der Waals surface area contributed by atoms with E-state index in [1.807, 2.05) is 30.3 Å². The summed E-state index contributed by atoms with van der Waals surface area (Å²) in [5, 5.41) is 11.7. The molecule has 0 spiro atoms. The van der Waals surface area contributed by atoms with Gasteiger partial charge < -0.3 is 14.3 Å². The van der Waals surface area contributed by atoms with Crippen molar-refractivity contribution in [1.82, 2.24) is 0 Å². The second-order valence-electron chi connectivity index (χ2n) is 4.47. The number of para-hydroxylation sites is 1. The van der Waals surface area contributed by atoms with E-state index in [-0.39, 0.29) is 6.61 Å². The first kappa shape index (κ1) is 13.0. The summed E-state index contributed by atoms with van der Waals surface area (Å²) >= 11 is 5.80. The van der Waals surface area contributed by atoms with E-state index in [1.54, 1.807) is 24.3 Å². The molecule has 102 valence electrons. The largest absolute Gasteiger partial charge is 0.490 e. The predicted molar refractivity (Wildman–Crippen MR) is 78.1 cm³/mol. The Kier molecular flexibility index (Phi) is 3.63. The molecule has 3 aromatic rings. The summed E-state index contributed by atoms with van der Waals surface area (Å²) in [4.78, 5) is 0. The van der Waals surface area contributed by atoms with Crippen molar-refractivity contribution in [2.45, 2.75) is 6.10 Å². The van der Waals surface area contributed by atoms with Crippen molar-refractivity contribution in [2.24, 2.45) is 0 Å². The molecule has 0 radical (unpaired) electrons. The third-order valence-corrected chi connectivity index (χ3v) is 3.25. The van der Waals surface area contributed by atoms with Crippen molar-refractivity contribution in [3.05, 3.63) is 65.4 Å². The Morgan fingerprint density at radius 1 is 1.10 bits per heavy atom. The number of hydrogen-bond donors (Lipinski definition) is 1. The van der Waals surface area contributed by atoms with Crippen LogP contribution < -0.4 is 4.74 Å². The lowest BCUT2D eigenvalue weighted by Crippen LogP contribution is -2.08. The van der Waals surface area contributed by atoms with Crippen LogP contribution in [0.2, 0.25) is 5.02 Å². The van der Waals surface area contributed by atoms with Crippen LogP contribution in [0.3, 0.4) is 0 Å². The van der Waals surface area contributed by atoms with E-state index in [0.717, 1.165) is 11.0 Å². The van der Waals surface area contributed by atoms with Gasteiger partial charge in [0.1, 0.15) is 29.8 Å². The molecule has 0 saturated heterocycles. The zero-order valence-electron chi connectivity index (χ0n) is 10.6. The van der Waals surface area contributed by atoms with E-state index in [9.17, 15) is 5.11 Å². The lowest BCUT2D eigenvalue weighted by Gasteiger charge is -2.10. The molecular formula is C16H13ClO3. The summed E-state index contributed by atoms with van der Waals surface area (Å²) < 4.78 is 11.1. The topological polar surface area (TPSA) is 42.6 Å². The maximum atomic E-state index is 10.1. The summed E-state index contributed by atoms with van der Waals surface area (Å²) in [5.74, 6) is 1.16. The fourth-order valence-corrected chi connectivity index (χ4v) is 2.08. The predicted octanol–water partition coefficient (Wildman–Crippen LogP) is 4.20. The van der Waals surface area contributed by atoms with E-state index in [1.165, 1.54) is 0 Å². The number of aliphatic hydroxyl groups excluding tert-OH is 1. The highest BCUT2D eigenvalue weighted by Crippen LogP contribution is 2.24. The highest BCUT2D eigenvalue weighted by molar-refractivity contribution is 6.30. The molecule has 2 aromatic carbocycles. The zero-order chi connectivity index (χ0) is 13.9. The van der Waals surface area contributed by atoms with Gasteiger partial charge in [-0.2, -0.15) is 0 Å². The average Bonchev–Trinajstić information content (AvgIpc) is 2.90. The van der Waals surface area contributed by atoms with Gasteiger partial charge in [0.25, 0.3) is 0 Å². The second-order valence-corrected chi connectivity index (χ2v) is 4.90. The van der Waals surface area contributed by atoms with Gasteiger partial charge in [-0.05, 0) is 36.4 Å². The molecule has 0 aliphatic heterocycles. The van der Waals surface area contributed by atoms with Gasteiger partial charge in [-0.15, -0.1) is 0 Å². The smallest absolute Gasteiger partial charge is 0.145 e. The van der Waals surface area contributed by atoms with Crippen molar-refractivity contribution in [1.29, 1.82) is 0 Å². The monoisotopic (exact) mass is 288 g/mol. The van der Waals surface area contributed by atoms with Crippen LogP contribution in [0, 0.1) is 0 Å². The first-order chi connectivity index (χ1) is 9.72. The Labute approximate surface area is 121 Å². The summed E-state index contributed by atoms with van der Waals surface area (Å²) in [5.41, 5.74) is 0.757. The first-order valence-electron chi connectivity index (χ1n) is 6.27. The number of rotatable bonds is 4. The van der Waals surface area contributed by atoms with Gasteiger partial charge in [-0.3, -0.25) is 0 Å². The lowest BCUT2D eigenvalue weighted by molar-refractivity contribution is 0.0903. The van der Waals surface area contributed by atoms with Crippen LogP contribution in [0.1, 0.15) is 11.9 Å². The van der Waals surface area contributed by atoms with E-state index in [4.69, 9.17) is 20.8 Å². The number of ether oxygens (including phenoxy) is 1. The van der Waals surface area contributed by atoms with Crippen LogP contribution in [0.5, 0.6) is 5.75 Å². The number of benzene rings is 2. The highest BCUT2D eigenvalue weighted by Gasteiger charge is 2.14. The molecule has 20 heavy (non-hydrogen) atoms. The zero-order valence-corrected chi connectivity index (χ0v) is 11.4. The quantitative estimate of drug-likeness (QED) is 0.782. The number of aliphatic hydroxyl groups is 1. The molecule has 3 nitrogen and oxygen atoms in total. The molecule has 4 heteroatoms. The molecule has 1 N–H and O–H groups in total. The summed E-state index contributed by atoms with van der Waals surface area (Å²) in [6, 6.07) is 16.5. The van der Waals surface area contributed by atoms with Gasteiger partial charge in [-0.1, -0.05) is 29.8 Å². The number of fused-ring (bicyclic) bond motifs is 1. The third kappa shape index (κ3) is 2.79. The summed E-state index contributed by atoms with van der Waals surface area (Å²) in [7, 11) is 0. The molecule has 1 unspecified atom stereocenters. The van der Waals surface area contributed by atoms with Crippen LogP contribution in [0.4, 0.5) is 0 Å². The molecule has 0 aliphatic carbocycles. The fraction of sp³-hybridized carbons (Fsp3) is 0.125. The summed E-state index contributed by atoms with van der Waals surface area (Å²) in [6.45, 7) is 0.126. The number of hydrogen-bond acceptors (Lipinski definition) is 3. The summed E-state index contributed by atoms with van der Waals surface area (Å²) in [6.07, 6.45) is -0.807. The Morgan fingerprint density at radius 2 is 1.85 bits per heavy atom. The highest BCUT2D eigenvalue weighted by atomic mass is 35.5. The van der Waals surface area contributed by atoms with Crippen molar-refractivity contribution < 1.29 is 14.3 Å². The van der Waals surface area contributed by atoms with Gasteiger partial charge in [0.2, 0.25) is 0 Å². The molecule has 1 atom stereocenters. The van der Waals surface area contributed by atoms with Crippen molar-refractivity contribution in [2.75, 3.05) is 6.61 Å². The first-order valence-corrected chi connectivity index (χ1v) is 6.65. The van der Waals surface area contributed by atoms with Crippen molar-refractivity contribution >= 4 is 22.6 Å². The van der Waals surface area contributed by atoms with E-state index >= 15 is 0 Å². The SMILES string of the molecule is OC(COc1ccc(Cl)cc1)c1cc2ccccc2o1. The Balaban J connectivity index is 1.69. The molecule has 3 rings (SSSR count). The van der Waals surface area contributed by atoms with Gasteiger partial charge in [0.05, 0.1) is 0 Å². The van der Waals surface area contributed by atoms with Gasteiger partial charge in [-0.25, -0.2) is 0 Å². The number of halogens is 1. The minimum atomic E-state index is -0.807. The van der Waals surface area contributed by atoms with Gasteiger partial charge in [0.15, 0.2) is 0 Å². The minimum absolute atomic E-state index is 0.126. The Hall–Kier alpha value is -1.97. The van der Waals surface area contributed by atoms with Crippen LogP contribution in [-0.4, -0.2) is 11.7 Å². The molecule has 0 bridgehead atoms. The number of furan rings is 1. The van der Waals surface area contributed by atoms with Crippen molar-refractivity contribution in [3.8, 4) is 5.75 Å². The molecule has 1 heterocycles. The van der Waals surface area contributed by atoms with Gasteiger partial charge >= 0.3 is 0 Å². The Morgan fingerprint density at radius 3 is 2.60 bits per heavy atom. The molecule has 0 aliphatic rings. The molecular weight excluding hydrogens is 276 g/mol. The molecule has 1 aromatic heterocycles.